The zero-order valence-corrected chi connectivity index (χ0v) is 20.4. The monoisotopic (exact) mass is 511 g/mol. The molecule has 0 saturated heterocycles. The molecule has 33 heavy (non-hydrogen) atoms. The number of aromatic hydroxyl groups is 1. The summed E-state index contributed by atoms with van der Waals surface area (Å²) in [5.41, 5.74) is 4.19. The molecule has 2 unspecified atom stereocenters. The second-order valence-electron chi connectivity index (χ2n) is 8.20. The second-order valence-corrected chi connectivity index (χ2v) is 9.06. The van der Waals surface area contributed by atoms with Gasteiger partial charge in [-0.15, -0.1) is 0 Å². The molecule has 2 aromatic rings. The summed E-state index contributed by atoms with van der Waals surface area (Å²) in [4.78, 5) is 26.4. The number of Topliss-reactive ketones (excluding diaryl/α,β-unsaturated/α-hetero) is 1. The molecular weight excluding hydrogens is 486 g/mol. The highest BCUT2D eigenvalue weighted by atomic mass is 79.9. The second kappa shape index (κ2) is 9.43. The SMILES string of the molecule is CCOc1cc(C2C(C(=O)OC)=C(C)NC3=C2C(=O)CC(c2ccccc2)C3)cc(Br)c1O. The van der Waals surface area contributed by atoms with Gasteiger partial charge in [-0.05, 0) is 65.4 Å². The van der Waals surface area contributed by atoms with Crippen LogP contribution in [0.3, 0.4) is 0 Å². The molecule has 0 amide bonds. The van der Waals surface area contributed by atoms with E-state index in [-0.39, 0.29) is 23.2 Å². The first-order valence-electron chi connectivity index (χ1n) is 10.9. The third kappa shape index (κ3) is 4.29. The van der Waals surface area contributed by atoms with E-state index in [4.69, 9.17) is 9.47 Å². The van der Waals surface area contributed by atoms with Crippen LogP contribution in [0.15, 0.2) is 69.5 Å². The number of ether oxygens (including phenoxy) is 2. The molecule has 0 spiro atoms. The Morgan fingerprint density at radius 3 is 2.58 bits per heavy atom. The number of carbonyl (C=O) groups is 2. The number of dihydropyridines is 1. The highest BCUT2D eigenvalue weighted by Crippen LogP contribution is 2.48. The minimum atomic E-state index is -0.631. The van der Waals surface area contributed by atoms with Crippen molar-refractivity contribution in [2.24, 2.45) is 0 Å². The first-order valence-corrected chi connectivity index (χ1v) is 11.7. The summed E-state index contributed by atoms with van der Waals surface area (Å²) < 4.78 is 11.1. The molecule has 0 radical (unpaired) electrons. The number of phenols is 1. The van der Waals surface area contributed by atoms with Crippen LogP contribution in [0.5, 0.6) is 11.5 Å². The molecule has 2 aromatic carbocycles. The van der Waals surface area contributed by atoms with Crippen LogP contribution in [0.1, 0.15) is 49.7 Å². The molecule has 4 rings (SSSR count). The highest BCUT2D eigenvalue weighted by molar-refractivity contribution is 9.10. The van der Waals surface area contributed by atoms with Crippen molar-refractivity contribution in [2.75, 3.05) is 13.7 Å². The van der Waals surface area contributed by atoms with Gasteiger partial charge in [0.15, 0.2) is 17.3 Å². The van der Waals surface area contributed by atoms with Gasteiger partial charge in [0.05, 0.1) is 23.8 Å². The van der Waals surface area contributed by atoms with E-state index >= 15 is 0 Å². The number of ketones is 1. The number of phenolic OH excluding ortho intramolecular Hbond substituents is 1. The summed E-state index contributed by atoms with van der Waals surface area (Å²) in [5.74, 6) is -0.828. The fraction of sp³-hybridized carbons (Fsp3) is 0.308. The van der Waals surface area contributed by atoms with E-state index in [1.165, 1.54) is 7.11 Å². The molecule has 2 atom stereocenters. The van der Waals surface area contributed by atoms with Crippen molar-refractivity contribution in [2.45, 2.75) is 38.5 Å². The molecule has 0 saturated carbocycles. The standard InChI is InChI=1S/C26H26BrNO5/c1-4-33-21-13-17(10-18(27)25(21)30)23-22(26(31)32-3)14(2)28-19-11-16(12-20(29)24(19)23)15-8-6-5-7-9-15/h5-10,13,16,23,28,30H,4,11-12H2,1-3H3. The molecule has 0 fully saturated rings. The van der Waals surface area contributed by atoms with Crippen LogP contribution in [-0.4, -0.2) is 30.6 Å². The van der Waals surface area contributed by atoms with E-state index in [9.17, 15) is 14.7 Å². The summed E-state index contributed by atoms with van der Waals surface area (Å²) in [5, 5.41) is 13.7. The van der Waals surface area contributed by atoms with Gasteiger partial charge in [0, 0.05) is 29.3 Å². The summed E-state index contributed by atoms with van der Waals surface area (Å²) in [6, 6.07) is 13.4. The number of rotatable bonds is 5. The molecule has 0 aromatic heterocycles. The van der Waals surface area contributed by atoms with Crippen LogP contribution in [-0.2, 0) is 14.3 Å². The Morgan fingerprint density at radius 1 is 1.18 bits per heavy atom. The molecule has 1 heterocycles. The number of allylic oxidation sites excluding steroid dienone is 3. The zero-order valence-electron chi connectivity index (χ0n) is 18.8. The number of methoxy groups -OCH3 is 1. The van der Waals surface area contributed by atoms with Gasteiger partial charge in [0.1, 0.15) is 0 Å². The Hall–Kier alpha value is -3.06. The molecule has 172 valence electrons. The average molecular weight is 512 g/mol. The molecule has 1 aliphatic carbocycles. The number of hydrogen-bond acceptors (Lipinski definition) is 6. The lowest BCUT2D eigenvalue weighted by molar-refractivity contribution is -0.136. The molecule has 6 nitrogen and oxygen atoms in total. The Labute approximate surface area is 201 Å². The molecule has 0 bridgehead atoms. The number of halogens is 1. The van der Waals surface area contributed by atoms with Crippen molar-refractivity contribution in [3.63, 3.8) is 0 Å². The fourth-order valence-corrected chi connectivity index (χ4v) is 5.20. The lowest BCUT2D eigenvalue weighted by atomic mass is 9.71. The van der Waals surface area contributed by atoms with Gasteiger partial charge >= 0.3 is 5.97 Å². The van der Waals surface area contributed by atoms with Crippen molar-refractivity contribution < 1.29 is 24.2 Å². The smallest absolute Gasteiger partial charge is 0.336 e. The van der Waals surface area contributed by atoms with Gasteiger partial charge < -0.3 is 19.9 Å². The lowest BCUT2D eigenvalue weighted by Crippen LogP contribution is -2.36. The van der Waals surface area contributed by atoms with Crippen LogP contribution in [0.4, 0.5) is 0 Å². The fourth-order valence-electron chi connectivity index (χ4n) is 4.74. The van der Waals surface area contributed by atoms with E-state index in [2.05, 4.69) is 21.2 Å². The molecule has 2 N–H and O–H groups in total. The average Bonchev–Trinajstić information content (AvgIpc) is 2.81. The highest BCUT2D eigenvalue weighted by Gasteiger charge is 2.41. The van der Waals surface area contributed by atoms with Gasteiger partial charge in [0.2, 0.25) is 0 Å². The Balaban J connectivity index is 1.86. The van der Waals surface area contributed by atoms with Crippen molar-refractivity contribution in [3.8, 4) is 11.5 Å². The van der Waals surface area contributed by atoms with Gasteiger partial charge in [-0.2, -0.15) is 0 Å². The van der Waals surface area contributed by atoms with Gasteiger partial charge in [0.25, 0.3) is 0 Å². The van der Waals surface area contributed by atoms with Crippen molar-refractivity contribution in [1.29, 1.82) is 0 Å². The van der Waals surface area contributed by atoms with Crippen molar-refractivity contribution >= 4 is 27.7 Å². The van der Waals surface area contributed by atoms with E-state index in [0.717, 1.165) is 11.3 Å². The quantitative estimate of drug-likeness (QED) is 0.544. The topological polar surface area (TPSA) is 84.9 Å². The van der Waals surface area contributed by atoms with Crippen molar-refractivity contribution in [3.05, 3.63) is 80.6 Å². The van der Waals surface area contributed by atoms with Crippen LogP contribution in [0, 0.1) is 0 Å². The van der Waals surface area contributed by atoms with Crippen LogP contribution in [0.2, 0.25) is 0 Å². The van der Waals surface area contributed by atoms with E-state index in [1.807, 2.05) is 44.2 Å². The maximum atomic E-state index is 13.6. The van der Waals surface area contributed by atoms with Crippen LogP contribution in [0.25, 0.3) is 0 Å². The normalized spacial score (nSPS) is 20.3. The third-order valence-corrected chi connectivity index (χ3v) is 6.79. The Kier molecular flexibility index (Phi) is 6.61. The van der Waals surface area contributed by atoms with Crippen LogP contribution >= 0.6 is 15.9 Å². The van der Waals surface area contributed by atoms with E-state index in [1.54, 1.807) is 12.1 Å². The number of nitrogens with one attached hydrogen (secondary N) is 1. The van der Waals surface area contributed by atoms with E-state index in [0.29, 0.717) is 46.3 Å². The third-order valence-electron chi connectivity index (χ3n) is 6.19. The summed E-state index contributed by atoms with van der Waals surface area (Å²) in [7, 11) is 1.33. The van der Waals surface area contributed by atoms with Gasteiger partial charge in [-0.3, -0.25) is 4.79 Å². The first kappa shape index (κ1) is 23.1. The molecule has 2 aliphatic rings. The summed E-state index contributed by atoms with van der Waals surface area (Å²) in [6.45, 7) is 4.00. The predicted molar refractivity (Wildman–Crippen MR) is 128 cm³/mol. The van der Waals surface area contributed by atoms with Crippen molar-refractivity contribution in [1.82, 2.24) is 5.32 Å². The maximum Gasteiger partial charge on any atom is 0.336 e. The first-order chi connectivity index (χ1) is 15.8. The Morgan fingerprint density at radius 2 is 1.91 bits per heavy atom. The largest absolute Gasteiger partial charge is 0.503 e. The van der Waals surface area contributed by atoms with Gasteiger partial charge in [-0.25, -0.2) is 4.79 Å². The summed E-state index contributed by atoms with van der Waals surface area (Å²) >= 11 is 3.39. The minimum Gasteiger partial charge on any atom is -0.503 e. The maximum absolute atomic E-state index is 13.6. The summed E-state index contributed by atoms with van der Waals surface area (Å²) in [6.07, 6.45) is 1.01. The number of benzene rings is 2. The lowest BCUT2D eigenvalue weighted by Gasteiger charge is -2.36. The van der Waals surface area contributed by atoms with Crippen LogP contribution < -0.4 is 10.1 Å². The minimum absolute atomic E-state index is 0.0151. The zero-order chi connectivity index (χ0) is 23.7. The molecule has 7 heteroatoms. The van der Waals surface area contributed by atoms with E-state index < -0.39 is 11.9 Å². The molecule has 1 aliphatic heterocycles. The Bertz CT molecular complexity index is 1170. The molecular formula is C26H26BrNO5. The number of carbonyl (C=O) groups excluding carboxylic acids is 2. The predicted octanol–water partition coefficient (Wildman–Crippen LogP) is 5.09. The van der Waals surface area contributed by atoms with Gasteiger partial charge in [-0.1, -0.05) is 30.3 Å². The number of esters is 1. The number of hydrogen-bond donors (Lipinski definition) is 2.